The molecule has 0 aliphatic carbocycles. The number of carbonyl (C=O) groups is 1. The van der Waals surface area contributed by atoms with E-state index in [1.54, 1.807) is 0 Å². The second kappa shape index (κ2) is 6.43. The number of carbonyl (C=O) groups excluding carboxylic acids is 1. The highest BCUT2D eigenvalue weighted by molar-refractivity contribution is 8.00. The van der Waals surface area contributed by atoms with Gasteiger partial charge in [-0.1, -0.05) is 0 Å². The summed E-state index contributed by atoms with van der Waals surface area (Å²) in [6, 6.07) is 11.4. The minimum Gasteiger partial charge on any atom is -0.399 e. The lowest BCUT2D eigenvalue weighted by atomic mass is 10.2. The highest BCUT2D eigenvalue weighted by atomic mass is 32.2. The Morgan fingerprint density at radius 1 is 1.25 bits per heavy atom. The molecule has 0 radical (unpaired) electrons. The Bertz CT molecular complexity index is 614. The molecule has 5 heteroatoms. The molecule has 0 heterocycles. The van der Waals surface area contributed by atoms with Gasteiger partial charge in [0.25, 0.3) is 0 Å². The van der Waals surface area contributed by atoms with Crippen LogP contribution in [0.5, 0.6) is 0 Å². The maximum atomic E-state index is 12.7. The molecule has 2 aromatic carbocycles. The molecule has 2 aromatic rings. The van der Waals surface area contributed by atoms with Crippen molar-refractivity contribution in [1.82, 2.24) is 0 Å². The normalized spacial score (nSPS) is 10.3. The Balaban J connectivity index is 1.88. The predicted octanol–water partition coefficient (Wildman–Crippen LogP) is 3.45. The second-order valence-electron chi connectivity index (χ2n) is 4.36. The lowest BCUT2D eigenvalue weighted by molar-refractivity contribution is -0.113. The molecule has 1 amide bonds. The Kier molecular flexibility index (Phi) is 4.63. The lowest BCUT2D eigenvalue weighted by Gasteiger charge is -2.06. The van der Waals surface area contributed by atoms with Crippen molar-refractivity contribution >= 4 is 29.0 Å². The van der Waals surface area contributed by atoms with Crippen molar-refractivity contribution in [3.05, 3.63) is 53.8 Å². The van der Waals surface area contributed by atoms with E-state index in [1.807, 2.05) is 25.1 Å². The van der Waals surface area contributed by atoms with Crippen molar-refractivity contribution in [2.75, 3.05) is 16.8 Å². The van der Waals surface area contributed by atoms with Gasteiger partial charge in [-0.25, -0.2) is 4.39 Å². The highest BCUT2D eigenvalue weighted by Crippen LogP contribution is 2.22. The van der Waals surface area contributed by atoms with E-state index in [9.17, 15) is 9.18 Å². The zero-order valence-corrected chi connectivity index (χ0v) is 11.8. The first-order valence-electron chi connectivity index (χ1n) is 6.09. The molecule has 0 aromatic heterocycles. The fourth-order valence-corrected chi connectivity index (χ4v) is 2.41. The van der Waals surface area contributed by atoms with Gasteiger partial charge in [0.1, 0.15) is 5.82 Å². The molecular formula is C15H15FN2OS. The molecule has 0 spiro atoms. The molecule has 0 fully saturated rings. The molecule has 2 rings (SSSR count). The number of rotatable bonds is 4. The van der Waals surface area contributed by atoms with Crippen LogP contribution >= 0.6 is 11.8 Å². The summed E-state index contributed by atoms with van der Waals surface area (Å²) < 4.78 is 12.7. The van der Waals surface area contributed by atoms with Crippen LogP contribution in [0.15, 0.2) is 47.4 Å². The van der Waals surface area contributed by atoms with E-state index in [1.165, 1.54) is 36.0 Å². The van der Waals surface area contributed by atoms with E-state index in [0.29, 0.717) is 11.4 Å². The summed E-state index contributed by atoms with van der Waals surface area (Å²) in [7, 11) is 0. The van der Waals surface area contributed by atoms with Gasteiger partial charge in [0.2, 0.25) is 5.91 Å². The van der Waals surface area contributed by atoms with Crippen molar-refractivity contribution in [2.24, 2.45) is 0 Å². The van der Waals surface area contributed by atoms with Crippen LogP contribution in [-0.4, -0.2) is 11.7 Å². The Morgan fingerprint density at radius 3 is 2.60 bits per heavy atom. The fourth-order valence-electron chi connectivity index (χ4n) is 1.62. The van der Waals surface area contributed by atoms with Gasteiger partial charge in [0, 0.05) is 16.3 Å². The van der Waals surface area contributed by atoms with Crippen molar-refractivity contribution in [3.8, 4) is 0 Å². The fraction of sp³-hybridized carbons (Fsp3) is 0.133. The van der Waals surface area contributed by atoms with Gasteiger partial charge in [-0.15, -0.1) is 11.8 Å². The van der Waals surface area contributed by atoms with Crippen LogP contribution in [0.2, 0.25) is 0 Å². The Hall–Kier alpha value is -2.01. The minimum absolute atomic E-state index is 0.129. The molecule has 104 valence electrons. The van der Waals surface area contributed by atoms with E-state index >= 15 is 0 Å². The molecule has 20 heavy (non-hydrogen) atoms. The summed E-state index contributed by atoms with van der Waals surface area (Å²) in [5.74, 6) is -0.161. The van der Waals surface area contributed by atoms with Crippen LogP contribution < -0.4 is 11.1 Å². The van der Waals surface area contributed by atoms with Crippen LogP contribution in [0.4, 0.5) is 15.8 Å². The minimum atomic E-state index is -0.324. The third-order valence-electron chi connectivity index (χ3n) is 2.74. The average molecular weight is 290 g/mol. The quantitative estimate of drug-likeness (QED) is 0.670. The van der Waals surface area contributed by atoms with Crippen LogP contribution in [-0.2, 0) is 4.79 Å². The van der Waals surface area contributed by atoms with Crippen LogP contribution in [0.25, 0.3) is 0 Å². The molecule has 0 saturated heterocycles. The number of aryl methyl sites for hydroxylation is 1. The Labute approximate surface area is 121 Å². The maximum Gasteiger partial charge on any atom is 0.234 e. The zero-order valence-electron chi connectivity index (χ0n) is 11.0. The van der Waals surface area contributed by atoms with Crippen molar-refractivity contribution in [2.45, 2.75) is 11.8 Å². The molecule has 3 N–H and O–H groups in total. The van der Waals surface area contributed by atoms with Gasteiger partial charge in [-0.3, -0.25) is 4.79 Å². The van der Waals surface area contributed by atoms with E-state index in [2.05, 4.69) is 5.32 Å². The molecule has 0 aliphatic rings. The van der Waals surface area contributed by atoms with Gasteiger partial charge in [-0.2, -0.15) is 0 Å². The van der Waals surface area contributed by atoms with E-state index in [4.69, 9.17) is 5.73 Å². The standard InChI is InChI=1S/C15H15FN2OS/c1-10-8-13(6-7-14(10)17)20-9-15(19)18-12-4-2-11(16)3-5-12/h2-8H,9,17H2,1H3,(H,18,19). The maximum absolute atomic E-state index is 12.7. The average Bonchev–Trinajstić information content (AvgIpc) is 2.43. The number of anilines is 2. The smallest absolute Gasteiger partial charge is 0.234 e. The van der Waals surface area contributed by atoms with E-state index in [0.717, 1.165) is 16.1 Å². The summed E-state index contributed by atoms with van der Waals surface area (Å²) >= 11 is 1.43. The summed E-state index contributed by atoms with van der Waals surface area (Å²) in [5.41, 5.74) is 8.06. The Morgan fingerprint density at radius 2 is 1.95 bits per heavy atom. The largest absolute Gasteiger partial charge is 0.399 e. The zero-order chi connectivity index (χ0) is 14.5. The number of halogens is 1. The van der Waals surface area contributed by atoms with Gasteiger partial charge < -0.3 is 11.1 Å². The number of thioether (sulfide) groups is 1. The van der Waals surface area contributed by atoms with Crippen molar-refractivity contribution < 1.29 is 9.18 Å². The summed E-state index contributed by atoms with van der Waals surface area (Å²) in [4.78, 5) is 12.8. The second-order valence-corrected chi connectivity index (χ2v) is 5.41. The molecular weight excluding hydrogens is 275 g/mol. The molecule has 0 aliphatic heterocycles. The predicted molar refractivity (Wildman–Crippen MR) is 81.3 cm³/mol. The van der Waals surface area contributed by atoms with Gasteiger partial charge in [0.15, 0.2) is 0 Å². The van der Waals surface area contributed by atoms with Gasteiger partial charge in [-0.05, 0) is 55.0 Å². The number of amides is 1. The molecule has 0 saturated carbocycles. The van der Waals surface area contributed by atoms with E-state index < -0.39 is 0 Å². The van der Waals surface area contributed by atoms with Crippen LogP contribution in [0.1, 0.15) is 5.56 Å². The van der Waals surface area contributed by atoms with Gasteiger partial charge >= 0.3 is 0 Å². The van der Waals surface area contributed by atoms with Crippen LogP contribution in [0, 0.1) is 12.7 Å². The number of benzene rings is 2. The monoisotopic (exact) mass is 290 g/mol. The third kappa shape index (κ3) is 3.99. The molecule has 3 nitrogen and oxygen atoms in total. The van der Waals surface area contributed by atoms with E-state index in [-0.39, 0.29) is 11.7 Å². The topological polar surface area (TPSA) is 55.1 Å². The molecule has 0 atom stereocenters. The first kappa shape index (κ1) is 14.4. The number of hydrogen-bond donors (Lipinski definition) is 2. The number of nitrogen functional groups attached to an aromatic ring is 1. The van der Waals surface area contributed by atoms with Crippen LogP contribution in [0.3, 0.4) is 0 Å². The summed E-state index contributed by atoms with van der Waals surface area (Å²) in [5, 5.41) is 2.71. The molecule has 0 unspecified atom stereocenters. The lowest BCUT2D eigenvalue weighted by Crippen LogP contribution is -2.13. The van der Waals surface area contributed by atoms with Crippen molar-refractivity contribution in [1.29, 1.82) is 0 Å². The third-order valence-corrected chi connectivity index (χ3v) is 3.73. The number of nitrogens with two attached hydrogens (primary N) is 1. The SMILES string of the molecule is Cc1cc(SCC(=O)Nc2ccc(F)cc2)ccc1N. The number of hydrogen-bond acceptors (Lipinski definition) is 3. The highest BCUT2D eigenvalue weighted by Gasteiger charge is 2.05. The molecule has 0 bridgehead atoms. The first-order chi connectivity index (χ1) is 9.54. The van der Waals surface area contributed by atoms with Gasteiger partial charge in [0.05, 0.1) is 5.75 Å². The summed E-state index contributed by atoms with van der Waals surface area (Å²) in [6.45, 7) is 1.93. The number of nitrogens with one attached hydrogen (secondary N) is 1. The van der Waals surface area contributed by atoms with Crippen molar-refractivity contribution in [3.63, 3.8) is 0 Å². The summed E-state index contributed by atoms with van der Waals surface area (Å²) in [6.07, 6.45) is 0. The first-order valence-corrected chi connectivity index (χ1v) is 7.07.